The molecule has 0 aliphatic carbocycles. The van der Waals surface area contributed by atoms with E-state index in [9.17, 15) is 14.4 Å². The van der Waals surface area contributed by atoms with Crippen molar-refractivity contribution in [3.05, 3.63) is 0 Å². The minimum absolute atomic E-state index is 0.0497. The summed E-state index contributed by atoms with van der Waals surface area (Å²) in [6.45, 7) is 12.4. The molecule has 0 aliphatic rings. The van der Waals surface area contributed by atoms with E-state index in [1.54, 1.807) is 4.90 Å². The van der Waals surface area contributed by atoms with Gasteiger partial charge in [0.15, 0.2) is 0 Å². The molecule has 27 heavy (non-hydrogen) atoms. The number of aliphatic carboxylic acids is 1. The highest BCUT2D eigenvalue weighted by Crippen LogP contribution is 2.20. The third-order valence-corrected chi connectivity index (χ3v) is 5.33. The number of amides is 2. The van der Waals surface area contributed by atoms with Crippen molar-refractivity contribution in [1.82, 2.24) is 9.80 Å². The normalized spacial score (nSPS) is 14.3. The topological polar surface area (TPSA) is 77.9 Å². The van der Waals surface area contributed by atoms with E-state index in [4.69, 9.17) is 5.11 Å². The van der Waals surface area contributed by atoms with Crippen molar-refractivity contribution < 1.29 is 19.5 Å². The lowest BCUT2D eigenvalue weighted by molar-refractivity contribution is -0.150. The number of carbonyl (C=O) groups is 3. The minimum Gasteiger partial charge on any atom is -0.481 e. The monoisotopic (exact) mass is 384 g/mol. The number of hydrogen-bond donors (Lipinski definition) is 1. The summed E-state index contributed by atoms with van der Waals surface area (Å²) in [5.74, 6) is -1.12. The maximum Gasteiger partial charge on any atom is 0.303 e. The first-order valence-electron chi connectivity index (χ1n) is 10.6. The number of nitrogens with zero attached hydrogens (tertiary/aromatic N) is 2. The van der Waals surface area contributed by atoms with Gasteiger partial charge >= 0.3 is 5.97 Å². The zero-order valence-electron chi connectivity index (χ0n) is 18.2. The molecular formula is C21H40N2O4. The van der Waals surface area contributed by atoms with E-state index in [0.717, 1.165) is 32.1 Å². The van der Waals surface area contributed by atoms with E-state index in [0.29, 0.717) is 13.0 Å². The molecular weight excluding hydrogens is 344 g/mol. The molecule has 2 amide bonds. The third-order valence-electron chi connectivity index (χ3n) is 5.33. The van der Waals surface area contributed by atoms with Gasteiger partial charge in [0.2, 0.25) is 11.8 Å². The van der Waals surface area contributed by atoms with Gasteiger partial charge in [0.25, 0.3) is 0 Å². The Balaban J connectivity index is 5.63. The third kappa shape index (κ3) is 8.31. The van der Waals surface area contributed by atoms with Crippen LogP contribution in [0, 0.1) is 0 Å². The number of unbranched alkanes of at least 4 members (excludes halogenated alkanes) is 2. The Bertz CT molecular complexity index is 457. The molecule has 0 heterocycles. The first kappa shape index (κ1) is 25.4. The van der Waals surface area contributed by atoms with Gasteiger partial charge in [-0.3, -0.25) is 14.4 Å². The van der Waals surface area contributed by atoms with E-state index in [-0.39, 0.29) is 36.7 Å². The number of hydrogen-bond acceptors (Lipinski definition) is 3. The van der Waals surface area contributed by atoms with Crippen molar-refractivity contribution in [1.29, 1.82) is 0 Å². The van der Waals surface area contributed by atoms with E-state index < -0.39 is 12.0 Å². The second-order valence-electron chi connectivity index (χ2n) is 7.35. The summed E-state index contributed by atoms with van der Waals surface area (Å²) in [5, 5.41) is 9.13. The molecule has 0 aromatic heterocycles. The van der Waals surface area contributed by atoms with Gasteiger partial charge in [-0.2, -0.15) is 0 Å². The summed E-state index contributed by atoms with van der Waals surface area (Å²) in [5.41, 5.74) is 0. The van der Waals surface area contributed by atoms with Crippen LogP contribution in [0.2, 0.25) is 0 Å². The molecule has 0 aromatic carbocycles. The SMILES string of the molecule is CCCCCC(=O)N(CC)[C@@H](CCC(=O)O)C(=O)N(C(C)CC)C(C)CC. The largest absolute Gasteiger partial charge is 0.481 e. The van der Waals surface area contributed by atoms with Crippen molar-refractivity contribution in [3.63, 3.8) is 0 Å². The van der Waals surface area contributed by atoms with Crippen LogP contribution in [0.5, 0.6) is 0 Å². The highest BCUT2D eigenvalue weighted by molar-refractivity contribution is 5.88. The fraction of sp³-hybridized carbons (Fsp3) is 0.857. The lowest BCUT2D eigenvalue weighted by Gasteiger charge is -2.40. The summed E-state index contributed by atoms with van der Waals surface area (Å²) in [4.78, 5) is 40.8. The quantitative estimate of drug-likeness (QED) is 0.458. The Labute approximate surface area is 165 Å². The Morgan fingerprint density at radius 3 is 1.85 bits per heavy atom. The molecule has 6 heteroatoms. The number of likely N-dealkylation sites (N-methyl/N-ethyl adjacent to an activating group) is 1. The fourth-order valence-corrected chi connectivity index (χ4v) is 3.35. The molecule has 1 N–H and O–H groups in total. The predicted molar refractivity (Wildman–Crippen MR) is 109 cm³/mol. The lowest BCUT2D eigenvalue weighted by atomic mass is 10.0. The van der Waals surface area contributed by atoms with Crippen LogP contribution in [0.1, 0.15) is 92.9 Å². The molecule has 0 bridgehead atoms. The van der Waals surface area contributed by atoms with Crippen LogP contribution in [0.25, 0.3) is 0 Å². The lowest BCUT2D eigenvalue weighted by Crippen LogP contribution is -2.55. The summed E-state index contributed by atoms with van der Waals surface area (Å²) < 4.78 is 0. The smallest absolute Gasteiger partial charge is 0.303 e. The van der Waals surface area contributed by atoms with E-state index in [1.165, 1.54) is 0 Å². The minimum atomic E-state index is -0.944. The summed E-state index contributed by atoms with van der Waals surface area (Å²) in [7, 11) is 0. The molecule has 0 radical (unpaired) electrons. The molecule has 0 aromatic rings. The molecule has 0 saturated carbocycles. The highest BCUT2D eigenvalue weighted by Gasteiger charge is 2.35. The molecule has 0 saturated heterocycles. The van der Waals surface area contributed by atoms with Gasteiger partial charge in [0.05, 0.1) is 0 Å². The van der Waals surface area contributed by atoms with Gasteiger partial charge in [-0.1, -0.05) is 33.6 Å². The Morgan fingerprint density at radius 2 is 1.44 bits per heavy atom. The van der Waals surface area contributed by atoms with Crippen LogP contribution in [-0.4, -0.2) is 57.4 Å². The number of carbonyl (C=O) groups excluding carboxylic acids is 2. The molecule has 3 atom stereocenters. The highest BCUT2D eigenvalue weighted by atomic mass is 16.4. The molecule has 158 valence electrons. The van der Waals surface area contributed by atoms with Gasteiger partial charge in [-0.15, -0.1) is 0 Å². The number of carboxylic acid groups (broad SMARTS) is 1. The van der Waals surface area contributed by atoms with E-state index in [1.807, 2.05) is 39.5 Å². The van der Waals surface area contributed by atoms with Gasteiger partial charge in [0.1, 0.15) is 6.04 Å². The average Bonchev–Trinajstić information content (AvgIpc) is 2.64. The van der Waals surface area contributed by atoms with Crippen molar-refractivity contribution in [2.45, 2.75) is 111 Å². The van der Waals surface area contributed by atoms with E-state index in [2.05, 4.69) is 6.92 Å². The van der Waals surface area contributed by atoms with Crippen LogP contribution < -0.4 is 0 Å². The molecule has 0 aliphatic heterocycles. The van der Waals surface area contributed by atoms with Crippen LogP contribution in [0.15, 0.2) is 0 Å². The first-order chi connectivity index (χ1) is 12.7. The first-order valence-corrected chi connectivity index (χ1v) is 10.6. The van der Waals surface area contributed by atoms with Gasteiger partial charge in [-0.25, -0.2) is 0 Å². The van der Waals surface area contributed by atoms with Crippen molar-refractivity contribution in [3.8, 4) is 0 Å². The van der Waals surface area contributed by atoms with Gasteiger partial charge < -0.3 is 14.9 Å². The molecule has 0 rings (SSSR count). The van der Waals surface area contributed by atoms with Crippen molar-refractivity contribution in [2.24, 2.45) is 0 Å². The Hall–Kier alpha value is -1.59. The molecule has 6 nitrogen and oxygen atoms in total. The average molecular weight is 385 g/mol. The van der Waals surface area contributed by atoms with Crippen LogP contribution in [0.4, 0.5) is 0 Å². The zero-order valence-corrected chi connectivity index (χ0v) is 18.2. The fourth-order valence-electron chi connectivity index (χ4n) is 3.35. The molecule has 2 unspecified atom stereocenters. The van der Waals surface area contributed by atoms with E-state index >= 15 is 0 Å². The Kier molecular flexibility index (Phi) is 12.8. The van der Waals surface area contributed by atoms with Gasteiger partial charge in [-0.05, 0) is 46.5 Å². The summed E-state index contributed by atoms with van der Waals surface area (Å²) >= 11 is 0. The predicted octanol–water partition coefficient (Wildman–Crippen LogP) is 4.07. The van der Waals surface area contributed by atoms with Crippen LogP contribution in [-0.2, 0) is 14.4 Å². The maximum absolute atomic E-state index is 13.4. The van der Waals surface area contributed by atoms with Crippen molar-refractivity contribution in [2.75, 3.05) is 6.54 Å². The molecule has 0 fully saturated rings. The summed E-state index contributed by atoms with van der Waals surface area (Å²) in [6, 6.07) is -0.606. The standard InChI is InChI=1S/C21H40N2O4/c1-7-11-12-13-19(24)22(10-4)18(14-15-20(25)26)21(27)23(16(5)8-2)17(6)9-3/h16-18H,7-15H2,1-6H3,(H,25,26)/t16?,17?,18-/m0/s1. The summed E-state index contributed by atoms with van der Waals surface area (Å²) in [6.07, 6.45) is 4.88. The van der Waals surface area contributed by atoms with Crippen molar-refractivity contribution >= 4 is 17.8 Å². The second-order valence-corrected chi connectivity index (χ2v) is 7.35. The zero-order chi connectivity index (χ0) is 21.0. The maximum atomic E-state index is 13.4. The Morgan fingerprint density at radius 1 is 0.889 bits per heavy atom. The molecule has 0 spiro atoms. The van der Waals surface area contributed by atoms with Gasteiger partial charge in [0, 0.05) is 31.5 Å². The van der Waals surface area contributed by atoms with Crippen LogP contribution in [0.3, 0.4) is 0 Å². The van der Waals surface area contributed by atoms with Crippen LogP contribution >= 0.6 is 0 Å². The number of rotatable bonds is 14. The number of carboxylic acids is 1. The second kappa shape index (κ2) is 13.6.